The van der Waals surface area contributed by atoms with Crippen LogP contribution in [0.4, 0.5) is 11.5 Å². The van der Waals surface area contributed by atoms with Crippen molar-refractivity contribution in [2.75, 3.05) is 23.3 Å². The standard InChI is InChI=1S/C7H12N4O4S/c1-4-6(8)7(10-9-4)11-16(13,14)3-5(12)15-2/h3,8H2,1-2H3,(H2,9,10,11). The van der Waals surface area contributed by atoms with Gasteiger partial charge in [-0.3, -0.25) is 14.6 Å². The van der Waals surface area contributed by atoms with Crippen molar-refractivity contribution in [3.05, 3.63) is 5.69 Å². The van der Waals surface area contributed by atoms with E-state index in [2.05, 4.69) is 19.7 Å². The second-order valence-electron chi connectivity index (χ2n) is 3.05. The topological polar surface area (TPSA) is 127 Å². The van der Waals surface area contributed by atoms with Crippen molar-refractivity contribution in [1.29, 1.82) is 0 Å². The first kappa shape index (κ1) is 12.3. The number of nitrogens with zero attached hydrogens (tertiary/aromatic N) is 1. The Kier molecular flexibility index (Phi) is 3.38. The van der Waals surface area contributed by atoms with E-state index in [0.29, 0.717) is 5.69 Å². The minimum Gasteiger partial charge on any atom is -0.468 e. The Morgan fingerprint density at radius 1 is 1.62 bits per heavy atom. The summed E-state index contributed by atoms with van der Waals surface area (Å²) < 4.78 is 29.1. The van der Waals surface area contributed by atoms with Gasteiger partial charge in [-0.2, -0.15) is 5.10 Å². The summed E-state index contributed by atoms with van der Waals surface area (Å²) in [6, 6.07) is 0. The second-order valence-corrected chi connectivity index (χ2v) is 4.77. The van der Waals surface area contributed by atoms with Gasteiger partial charge in [-0.25, -0.2) is 8.42 Å². The molecule has 90 valence electrons. The number of nitrogens with one attached hydrogen (secondary N) is 2. The number of esters is 1. The molecule has 0 saturated heterocycles. The molecule has 0 aliphatic carbocycles. The summed E-state index contributed by atoms with van der Waals surface area (Å²) in [5, 5.41) is 6.15. The number of anilines is 2. The van der Waals surface area contributed by atoms with Crippen LogP contribution in [0.25, 0.3) is 0 Å². The molecule has 8 nitrogen and oxygen atoms in total. The molecule has 9 heteroatoms. The Morgan fingerprint density at radius 2 is 2.25 bits per heavy atom. The molecule has 0 unspecified atom stereocenters. The largest absolute Gasteiger partial charge is 0.468 e. The van der Waals surface area contributed by atoms with Crippen molar-refractivity contribution < 1.29 is 17.9 Å². The number of ether oxygens (including phenoxy) is 1. The molecule has 4 N–H and O–H groups in total. The molecule has 0 aliphatic rings. The van der Waals surface area contributed by atoms with Crippen LogP contribution in [0.1, 0.15) is 5.69 Å². The van der Waals surface area contributed by atoms with Gasteiger partial charge in [0.2, 0.25) is 10.0 Å². The number of hydrogen-bond acceptors (Lipinski definition) is 6. The fraction of sp³-hybridized carbons (Fsp3) is 0.429. The summed E-state index contributed by atoms with van der Waals surface area (Å²) >= 11 is 0. The van der Waals surface area contributed by atoms with Crippen LogP contribution in [-0.4, -0.2) is 37.4 Å². The Morgan fingerprint density at radius 3 is 2.69 bits per heavy atom. The quantitative estimate of drug-likeness (QED) is 0.599. The van der Waals surface area contributed by atoms with E-state index >= 15 is 0 Å². The van der Waals surface area contributed by atoms with Gasteiger partial charge in [-0.05, 0) is 6.92 Å². The minimum atomic E-state index is -3.84. The van der Waals surface area contributed by atoms with E-state index in [1.165, 1.54) is 0 Å². The van der Waals surface area contributed by atoms with E-state index < -0.39 is 21.7 Å². The summed E-state index contributed by atoms with van der Waals surface area (Å²) in [5.41, 5.74) is 6.26. The lowest BCUT2D eigenvalue weighted by Crippen LogP contribution is -2.24. The zero-order valence-electron chi connectivity index (χ0n) is 8.77. The highest BCUT2D eigenvalue weighted by molar-refractivity contribution is 7.93. The number of nitrogen functional groups attached to an aromatic ring is 1. The summed E-state index contributed by atoms with van der Waals surface area (Å²) in [6.07, 6.45) is 0. The van der Waals surface area contributed by atoms with Gasteiger partial charge in [0.25, 0.3) is 0 Å². The molecule has 0 amide bonds. The fourth-order valence-corrected chi connectivity index (χ4v) is 1.86. The predicted octanol–water partition coefficient (Wildman–Crippen LogP) is -0.785. The van der Waals surface area contributed by atoms with Crippen LogP contribution in [0.5, 0.6) is 0 Å². The first-order valence-corrected chi connectivity index (χ1v) is 5.88. The summed E-state index contributed by atoms with van der Waals surface area (Å²) in [5.74, 6) is -1.67. The Balaban J connectivity index is 2.81. The molecule has 0 aromatic carbocycles. The first-order chi connectivity index (χ1) is 7.35. The Bertz CT molecular complexity index is 492. The molecule has 0 aliphatic heterocycles. The lowest BCUT2D eigenvalue weighted by atomic mass is 10.4. The Hall–Kier alpha value is -1.77. The fourth-order valence-electron chi connectivity index (χ4n) is 0.913. The average Bonchev–Trinajstić information content (AvgIpc) is 2.48. The number of methoxy groups -OCH3 is 1. The van der Waals surface area contributed by atoms with Gasteiger partial charge in [-0.15, -0.1) is 0 Å². The molecule has 0 atom stereocenters. The number of aromatic nitrogens is 2. The van der Waals surface area contributed by atoms with Crippen molar-refractivity contribution >= 4 is 27.5 Å². The number of carbonyl (C=O) groups is 1. The second kappa shape index (κ2) is 4.39. The molecule has 0 spiro atoms. The van der Waals surface area contributed by atoms with Crippen molar-refractivity contribution in [3.8, 4) is 0 Å². The monoisotopic (exact) mass is 248 g/mol. The van der Waals surface area contributed by atoms with Crippen LogP contribution in [0.15, 0.2) is 0 Å². The molecule has 1 aromatic heterocycles. The third kappa shape index (κ3) is 2.86. The average molecular weight is 248 g/mol. The van der Waals surface area contributed by atoms with Crippen LogP contribution in [0, 0.1) is 6.92 Å². The predicted molar refractivity (Wildman–Crippen MR) is 57.2 cm³/mol. The number of carbonyl (C=O) groups excluding carboxylic acids is 1. The van der Waals surface area contributed by atoms with Crippen molar-refractivity contribution in [2.24, 2.45) is 0 Å². The molecule has 0 saturated carbocycles. The Labute approximate surface area is 92.2 Å². The van der Waals surface area contributed by atoms with Crippen LogP contribution in [0.3, 0.4) is 0 Å². The third-order valence-electron chi connectivity index (χ3n) is 1.78. The van der Waals surface area contributed by atoms with Crippen molar-refractivity contribution in [3.63, 3.8) is 0 Å². The summed E-state index contributed by atoms with van der Waals surface area (Å²) in [4.78, 5) is 10.8. The van der Waals surface area contributed by atoms with Gasteiger partial charge in [-0.1, -0.05) is 0 Å². The number of hydrogen-bond donors (Lipinski definition) is 3. The van der Waals surface area contributed by atoms with Gasteiger partial charge in [0.1, 0.15) is 0 Å². The normalized spacial score (nSPS) is 11.1. The van der Waals surface area contributed by atoms with Crippen LogP contribution < -0.4 is 10.5 Å². The molecule has 0 fully saturated rings. The van der Waals surface area contributed by atoms with Crippen molar-refractivity contribution in [2.45, 2.75) is 6.92 Å². The lowest BCUT2D eigenvalue weighted by molar-refractivity contribution is -0.137. The maximum Gasteiger partial charge on any atom is 0.322 e. The molecule has 1 aromatic rings. The highest BCUT2D eigenvalue weighted by Crippen LogP contribution is 2.19. The number of sulfonamides is 1. The molecular weight excluding hydrogens is 236 g/mol. The maximum atomic E-state index is 11.4. The lowest BCUT2D eigenvalue weighted by Gasteiger charge is -2.04. The molecule has 1 rings (SSSR count). The minimum absolute atomic E-state index is 0.0265. The molecular formula is C7H12N4O4S. The van der Waals surface area contributed by atoms with Crippen LogP contribution >= 0.6 is 0 Å². The molecule has 1 heterocycles. The first-order valence-electron chi connectivity index (χ1n) is 4.23. The summed E-state index contributed by atoms with van der Waals surface area (Å²) in [6.45, 7) is 1.64. The SMILES string of the molecule is COC(=O)CS(=O)(=O)Nc1n[nH]c(C)c1N. The maximum absolute atomic E-state index is 11.4. The van der Waals surface area contributed by atoms with Crippen LogP contribution in [0.2, 0.25) is 0 Å². The zero-order valence-corrected chi connectivity index (χ0v) is 9.59. The third-order valence-corrected chi connectivity index (χ3v) is 2.90. The zero-order chi connectivity index (χ0) is 12.3. The number of aromatic amines is 1. The number of nitrogens with two attached hydrogens (primary N) is 1. The van der Waals surface area contributed by atoms with E-state index in [1.807, 2.05) is 0 Å². The van der Waals surface area contributed by atoms with Crippen molar-refractivity contribution in [1.82, 2.24) is 10.2 Å². The van der Waals surface area contributed by atoms with Gasteiger partial charge in [0.05, 0.1) is 18.5 Å². The highest BCUT2D eigenvalue weighted by atomic mass is 32.2. The van der Waals surface area contributed by atoms with Gasteiger partial charge in [0.15, 0.2) is 11.6 Å². The van der Waals surface area contributed by atoms with Gasteiger partial charge in [0, 0.05) is 0 Å². The number of aryl methyl sites for hydroxylation is 1. The molecule has 0 radical (unpaired) electrons. The smallest absolute Gasteiger partial charge is 0.322 e. The highest BCUT2D eigenvalue weighted by Gasteiger charge is 2.19. The molecule has 16 heavy (non-hydrogen) atoms. The van der Waals surface area contributed by atoms with E-state index in [0.717, 1.165) is 7.11 Å². The van der Waals surface area contributed by atoms with Crippen LogP contribution in [-0.2, 0) is 19.6 Å². The number of H-pyrrole nitrogens is 1. The van der Waals surface area contributed by atoms with E-state index in [4.69, 9.17) is 5.73 Å². The van der Waals surface area contributed by atoms with E-state index in [-0.39, 0.29) is 11.5 Å². The number of rotatable bonds is 4. The van der Waals surface area contributed by atoms with E-state index in [1.54, 1.807) is 6.92 Å². The summed E-state index contributed by atoms with van der Waals surface area (Å²) in [7, 11) is -2.74. The van der Waals surface area contributed by atoms with Gasteiger partial charge >= 0.3 is 5.97 Å². The molecule has 0 bridgehead atoms. The van der Waals surface area contributed by atoms with Gasteiger partial charge < -0.3 is 10.5 Å². The van der Waals surface area contributed by atoms with E-state index in [9.17, 15) is 13.2 Å².